The Kier molecular flexibility index (Phi) is 5.06. The van der Waals surface area contributed by atoms with Crippen molar-refractivity contribution in [3.8, 4) is 6.07 Å². The molecule has 0 aliphatic carbocycles. The fourth-order valence-electron chi connectivity index (χ4n) is 2.51. The van der Waals surface area contributed by atoms with Gasteiger partial charge in [-0.05, 0) is 42.5 Å². The monoisotopic (exact) mass is 341 g/mol. The molecule has 0 spiro atoms. The molecule has 0 saturated carbocycles. The van der Waals surface area contributed by atoms with E-state index in [0.29, 0.717) is 5.69 Å². The quantitative estimate of drug-likeness (QED) is 0.544. The first-order valence-electron chi connectivity index (χ1n) is 7.90. The molecule has 5 nitrogen and oxygen atoms in total. The lowest BCUT2D eigenvalue weighted by Gasteiger charge is -2.25. The van der Waals surface area contributed by atoms with Crippen LogP contribution in [0.1, 0.15) is 5.69 Å². The number of benzene rings is 2. The van der Waals surface area contributed by atoms with Crippen LogP contribution in [0.3, 0.4) is 0 Å². The number of aliphatic carboxylic acids is 1. The number of nitrogens with zero attached hydrogens (tertiary/aromatic N) is 3. The molecule has 0 unspecified atom stereocenters. The largest absolute Gasteiger partial charge is 0.477 e. The van der Waals surface area contributed by atoms with Crippen molar-refractivity contribution in [3.63, 3.8) is 0 Å². The zero-order valence-electron chi connectivity index (χ0n) is 13.8. The van der Waals surface area contributed by atoms with Crippen molar-refractivity contribution in [2.24, 2.45) is 0 Å². The van der Waals surface area contributed by atoms with Crippen LogP contribution in [0.25, 0.3) is 6.08 Å². The summed E-state index contributed by atoms with van der Waals surface area (Å²) >= 11 is 0. The molecule has 1 heterocycles. The molecule has 26 heavy (non-hydrogen) atoms. The van der Waals surface area contributed by atoms with Gasteiger partial charge in [0.15, 0.2) is 0 Å². The SMILES string of the molecule is N#C/C(=C\c1ccc(N(c2ccccc2)c2ccccc2)cn1)C(=O)O. The van der Waals surface area contributed by atoms with E-state index in [0.717, 1.165) is 17.1 Å². The second kappa shape index (κ2) is 7.77. The van der Waals surface area contributed by atoms with Gasteiger partial charge in [0.25, 0.3) is 0 Å². The summed E-state index contributed by atoms with van der Waals surface area (Å²) in [7, 11) is 0. The van der Waals surface area contributed by atoms with Crippen LogP contribution < -0.4 is 4.90 Å². The van der Waals surface area contributed by atoms with Crippen LogP contribution in [0.2, 0.25) is 0 Å². The summed E-state index contributed by atoms with van der Waals surface area (Å²) in [6.07, 6.45) is 2.91. The lowest BCUT2D eigenvalue weighted by molar-refractivity contribution is -0.132. The Balaban J connectivity index is 2.01. The summed E-state index contributed by atoms with van der Waals surface area (Å²) in [5.74, 6) is -1.27. The van der Waals surface area contributed by atoms with E-state index in [4.69, 9.17) is 10.4 Å². The van der Waals surface area contributed by atoms with E-state index in [9.17, 15) is 4.79 Å². The highest BCUT2D eigenvalue weighted by molar-refractivity contribution is 5.96. The smallest absolute Gasteiger partial charge is 0.346 e. The molecule has 0 bridgehead atoms. The minimum atomic E-state index is -1.27. The van der Waals surface area contributed by atoms with Gasteiger partial charge in [0.1, 0.15) is 11.6 Å². The van der Waals surface area contributed by atoms with E-state index >= 15 is 0 Å². The van der Waals surface area contributed by atoms with Crippen molar-refractivity contribution in [1.29, 1.82) is 5.26 Å². The lowest BCUT2D eigenvalue weighted by atomic mass is 10.2. The van der Waals surface area contributed by atoms with Gasteiger partial charge in [0.2, 0.25) is 0 Å². The summed E-state index contributed by atoms with van der Waals surface area (Å²) in [5, 5.41) is 17.8. The Morgan fingerprint density at radius 1 is 0.923 bits per heavy atom. The number of rotatable bonds is 5. The molecule has 1 N–H and O–H groups in total. The second-order valence-electron chi connectivity index (χ2n) is 5.42. The number of hydrogen-bond donors (Lipinski definition) is 1. The average Bonchev–Trinajstić information content (AvgIpc) is 2.69. The van der Waals surface area contributed by atoms with Crippen LogP contribution >= 0.6 is 0 Å². The molecule has 0 radical (unpaired) electrons. The van der Waals surface area contributed by atoms with Crippen molar-refractivity contribution in [2.45, 2.75) is 0 Å². The first kappa shape index (κ1) is 16.9. The molecule has 0 aliphatic heterocycles. The van der Waals surface area contributed by atoms with Gasteiger partial charge in [0, 0.05) is 11.4 Å². The molecular formula is C21H15N3O2. The third-order valence-electron chi connectivity index (χ3n) is 3.70. The molecule has 2 aromatic carbocycles. The van der Waals surface area contributed by atoms with Crippen molar-refractivity contribution >= 4 is 29.1 Å². The maximum Gasteiger partial charge on any atom is 0.346 e. The Bertz CT molecular complexity index is 920. The minimum Gasteiger partial charge on any atom is -0.477 e. The third-order valence-corrected chi connectivity index (χ3v) is 3.70. The Hall–Kier alpha value is -3.91. The maximum atomic E-state index is 11.0. The van der Waals surface area contributed by atoms with Crippen LogP contribution in [0.15, 0.2) is 84.6 Å². The van der Waals surface area contributed by atoms with E-state index in [1.54, 1.807) is 18.3 Å². The summed E-state index contributed by atoms with van der Waals surface area (Å²) < 4.78 is 0. The highest BCUT2D eigenvalue weighted by Crippen LogP contribution is 2.33. The standard InChI is InChI=1S/C21H15N3O2/c22-14-16(21(25)26)13-17-11-12-20(15-23-17)24(18-7-3-1-4-8-18)19-9-5-2-6-10-19/h1-13,15H,(H,25,26)/b16-13+. The predicted octanol–water partition coefficient (Wildman–Crippen LogP) is 4.54. The van der Waals surface area contributed by atoms with Crippen LogP contribution in [-0.2, 0) is 4.79 Å². The minimum absolute atomic E-state index is 0.353. The zero-order chi connectivity index (χ0) is 18.4. The molecule has 0 amide bonds. The summed E-state index contributed by atoms with van der Waals surface area (Å²) in [4.78, 5) is 17.3. The van der Waals surface area contributed by atoms with Crippen molar-refractivity contribution in [2.75, 3.05) is 4.90 Å². The molecule has 5 heteroatoms. The van der Waals surface area contributed by atoms with E-state index < -0.39 is 5.97 Å². The maximum absolute atomic E-state index is 11.0. The Morgan fingerprint density at radius 3 is 1.92 bits per heavy atom. The molecule has 0 atom stereocenters. The fraction of sp³-hybridized carbons (Fsp3) is 0. The number of anilines is 3. The van der Waals surface area contributed by atoms with E-state index in [2.05, 4.69) is 4.98 Å². The highest BCUT2D eigenvalue weighted by Gasteiger charge is 2.12. The highest BCUT2D eigenvalue weighted by atomic mass is 16.4. The average molecular weight is 341 g/mol. The normalized spacial score (nSPS) is 10.8. The van der Waals surface area contributed by atoms with E-state index in [1.165, 1.54) is 6.08 Å². The molecule has 0 aliphatic rings. The van der Waals surface area contributed by atoms with Gasteiger partial charge in [0.05, 0.1) is 17.6 Å². The third kappa shape index (κ3) is 3.77. The first-order valence-corrected chi connectivity index (χ1v) is 7.90. The van der Waals surface area contributed by atoms with Gasteiger partial charge in [-0.3, -0.25) is 4.98 Å². The van der Waals surface area contributed by atoms with Crippen molar-refractivity contribution < 1.29 is 9.90 Å². The van der Waals surface area contributed by atoms with Crippen molar-refractivity contribution in [1.82, 2.24) is 4.98 Å². The lowest BCUT2D eigenvalue weighted by Crippen LogP contribution is -2.10. The number of carbonyl (C=O) groups is 1. The van der Waals surface area contributed by atoms with Gasteiger partial charge in [-0.15, -0.1) is 0 Å². The molecule has 0 saturated heterocycles. The van der Waals surface area contributed by atoms with Crippen LogP contribution in [0, 0.1) is 11.3 Å². The number of carboxylic acids is 1. The van der Waals surface area contributed by atoms with Gasteiger partial charge in [-0.25, -0.2) is 4.79 Å². The number of pyridine rings is 1. The van der Waals surface area contributed by atoms with E-state index in [-0.39, 0.29) is 5.57 Å². The summed E-state index contributed by atoms with van der Waals surface area (Å²) in [5.41, 5.74) is 2.84. The first-order chi connectivity index (χ1) is 12.7. The molecule has 1 aromatic heterocycles. The van der Waals surface area contributed by atoms with Crippen LogP contribution in [0.5, 0.6) is 0 Å². The number of carboxylic acid groups (broad SMARTS) is 1. The number of nitriles is 1. The number of para-hydroxylation sites is 2. The summed E-state index contributed by atoms with van der Waals surface area (Å²) in [6, 6.07) is 24.9. The molecular weight excluding hydrogens is 326 g/mol. The topological polar surface area (TPSA) is 77.2 Å². The van der Waals surface area contributed by atoms with E-state index in [1.807, 2.05) is 71.6 Å². The van der Waals surface area contributed by atoms with Crippen LogP contribution in [0.4, 0.5) is 17.1 Å². The van der Waals surface area contributed by atoms with Crippen LogP contribution in [-0.4, -0.2) is 16.1 Å². The molecule has 0 fully saturated rings. The van der Waals surface area contributed by atoms with Gasteiger partial charge in [-0.1, -0.05) is 36.4 Å². The second-order valence-corrected chi connectivity index (χ2v) is 5.42. The van der Waals surface area contributed by atoms with Crippen molar-refractivity contribution in [3.05, 3.63) is 90.3 Å². The van der Waals surface area contributed by atoms with Gasteiger partial charge < -0.3 is 10.0 Å². The zero-order valence-corrected chi connectivity index (χ0v) is 13.8. The van der Waals surface area contributed by atoms with Gasteiger partial charge >= 0.3 is 5.97 Å². The molecule has 3 rings (SSSR count). The van der Waals surface area contributed by atoms with Gasteiger partial charge in [-0.2, -0.15) is 5.26 Å². The molecule has 3 aromatic rings. The molecule has 126 valence electrons. The predicted molar refractivity (Wildman–Crippen MR) is 100 cm³/mol. The number of hydrogen-bond acceptors (Lipinski definition) is 4. The fourth-order valence-corrected chi connectivity index (χ4v) is 2.51. The Morgan fingerprint density at radius 2 is 1.50 bits per heavy atom. The Labute approximate surface area is 151 Å². The number of aromatic nitrogens is 1. The summed E-state index contributed by atoms with van der Waals surface area (Å²) in [6.45, 7) is 0.